The first-order chi connectivity index (χ1) is 9.79. The predicted octanol–water partition coefficient (Wildman–Crippen LogP) is -0.640. The molecule has 1 aliphatic rings. The van der Waals surface area contributed by atoms with Gasteiger partial charge in [-0.2, -0.15) is 0 Å². The zero-order chi connectivity index (χ0) is 15.6. The van der Waals surface area contributed by atoms with E-state index in [4.69, 9.17) is 0 Å². The molecule has 21 heavy (non-hydrogen) atoms. The Bertz CT molecular complexity index is 683. The van der Waals surface area contributed by atoms with Gasteiger partial charge in [0, 0.05) is 0 Å². The van der Waals surface area contributed by atoms with Crippen molar-refractivity contribution in [3.8, 4) is 0 Å². The Morgan fingerprint density at radius 1 is 1.29 bits per heavy atom. The van der Waals surface area contributed by atoms with Crippen molar-refractivity contribution in [2.75, 3.05) is 0 Å². The van der Waals surface area contributed by atoms with Crippen LogP contribution in [-0.4, -0.2) is 41.1 Å². The second-order valence-corrected chi connectivity index (χ2v) is 5.89. The topological polar surface area (TPSA) is 121 Å². The quantitative estimate of drug-likeness (QED) is 0.535. The molecule has 1 aromatic rings. The zero-order valence-corrected chi connectivity index (χ0v) is 11.4. The van der Waals surface area contributed by atoms with Crippen molar-refractivity contribution in [1.82, 2.24) is 5.06 Å². The molecular weight excluding hydrogens is 302 g/mol. The Morgan fingerprint density at radius 2 is 1.90 bits per heavy atom. The van der Waals surface area contributed by atoms with Gasteiger partial charge in [0.2, 0.25) is 0 Å². The number of amides is 2. The van der Waals surface area contributed by atoms with Crippen LogP contribution in [0.25, 0.3) is 0 Å². The summed E-state index contributed by atoms with van der Waals surface area (Å²) in [4.78, 5) is 39.2. The standard InChI is InChI=1S/C12H11NO7S/c14-10-7-9(21(17,18)19)12(16)13(10)20-11(15)6-8-4-2-1-3-5-8/h1-5,9H,6-7H2,(H,17,18,19)/p-1. The first kappa shape index (κ1) is 15.1. The molecule has 1 aromatic carbocycles. The Morgan fingerprint density at radius 3 is 2.43 bits per heavy atom. The van der Waals surface area contributed by atoms with E-state index < -0.39 is 39.6 Å². The van der Waals surface area contributed by atoms with Gasteiger partial charge in [-0.25, -0.2) is 13.2 Å². The summed E-state index contributed by atoms with van der Waals surface area (Å²) < 4.78 is 32.4. The molecule has 1 aliphatic heterocycles. The molecule has 0 saturated carbocycles. The second kappa shape index (κ2) is 5.62. The van der Waals surface area contributed by atoms with E-state index in [0.717, 1.165) is 0 Å². The van der Waals surface area contributed by atoms with Crippen molar-refractivity contribution < 1.29 is 32.2 Å². The summed E-state index contributed by atoms with van der Waals surface area (Å²) in [6.07, 6.45) is -1.02. The van der Waals surface area contributed by atoms with Crippen LogP contribution in [0.3, 0.4) is 0 Å². The first-order valence-electron chi connectivity index (χ1n) is 5.85. The normalized spacial score (nSPS) is 18.9. The molecule has 1 saturated heterocycles. The number of nitrogens with zero attached hydrogens (tertiary/aromatic N) is 1. The molecule has 0 aliphatic carbocycles. The zero-order valence-electron chi connectivity index (χ0n) is 10.6. The summed E-state index contributed by atoms with van der Waals surface area (Å²) in [7, 11) is -4.97. The van der Waals surface area contributed by atoms with E-state index in [9.17, 15) is 27.4 Å². The number of hydrogen-bond acceptors (Lipinski definition) is 7. The van der Waals surface area contributed by atoms with Gasteiger partial charge in [0.15, 0.2) is 0 Å². The van der Waals surface area contributed by atoms with Crippen LogP contribution in [0.4, 0.5) is 0 Å². The Hall–Kier alpha value is -2.26. The van der Waals surface area contributed by atoms with Gasteiger partial charge in [0.05, 0.1) is 12.8 Å². The summed E-state index contributed by atoms with van der Waals surface area (Å²) in [5.41, 5.74) is 0.592. The third-order valence-electron chi connectivity index (χ3n) is 2.79. The van der Waals surface area contributed by atoms with Crippen LogP contribution in [0.2, 0.25) is 0 Å². The van der Waals surface area contributed by atoms with Crippen molar-refractivity contribution in [2.45, 2.75) is 18.1 Å². The number of imide groups is 1. The maximum absolute atomic E-state index is 11.6. The molecule has 0 aromatic heterocycles. The van der Waals surface area contributed by atoms with Crippen LogP contribution in [0.15, 0.2) is 30.3 Å². The van der Waals surface area contributed by atoms with Crippen LogP contribution in [-0.2, 0) is 35.8 Å². The lowest BCUT2D eigenvalue weighted by Gasteiger charge is -2.15. The van der Waals surface area contributed by atoms with Crippen molar-refractivity contribution in [1.29, 1.82) is 0 Å². The number of hydroxylamine groups is 2. The number of benzene rings is 1. The monoisotopic (exact) mass is 312 g/mol. The van der Waals surface area contributed by atoms with Gasteiger partial charge in [-0.1, -0.05) is 30.3 Å². The lowest BCUT2D eigenvalue weighted by Crippen LogP contribution is -2.37. The van der Waals surface area contributed by atoms with Crippen LogP contribution >= 0.6 is 0 Å². The summed E-state index contributed by atoms with van der Waals surface area (Å²) in [5, 5.41) is -1.99. The number of rotatable bonds is 4. The summed E-state index contributed by atoms with van der Waals surface area (Å²) in [5.74, 6) is -3.28. The molecule has 2 rings (SSSR count). The lowest BCUT2D eigenvalue weighted by molar-refractivity contribution is -0.196. The van der Waals surface area contributed by atoms with Gasteiger partial charge in [0.1, 0.15) is 15.4 Å². The average molecular weight is 312 g/mol. The van der Waals surface area contributed by atoms with Crippen LogP contribution in [0.1, 0.15) is 12.0 Å². The van der Waals surface area contributed by atoms with Crippen molar-refractivity contribution in [3.63, 3.8) is 0 Å². The van der Waals surface area contributed by atoms with E-state index in [2.05, 4.69) is 4.84 Å². The minimum absolute atomic E-state index is 0.0470. The van der Waals surface area contributed by atoms with E-state index in [1.165, 1.54) is 0 Å². The van der Waals surface area contributed by atoms with Gasteiger partial charge >= 0.3 is 5.97 Å². The highest BCUT2D eigenvalue weighted by atomic mass is 32.2. The van der Waals surface area contributed by atoms with E-state index in [0.29, 0.717) is 5.56 Å². The summed E-state index contributed by atoms with van der Waals surface area (Å²) in [6, 6.07) is 8.40. The summed E-state index contributed by atoms with van der Waals surface area (Å²) >= 11 is 0. The fourth-order valence-electron chi connectivity index (χ4n) is 1.80. The predicted molar refractivity (Wildman–Crippen MR) is 66.2 cm³/mol. The number of carbonyl (C=O) groups is 3. The van der Waals surface area contributed by atoms with Crippen molar-refractivity contribution in [3.05, 3.63) is 35.9 Å². The number of hydrogen-bond donors (Lipinski definition) is 0. The largest absolute Gasteiger partial charge is 0.747 e. The Kier molecular flexibility index (Phi) is 4.05. The highest BCUT2D eigenvalue weighted by Gasteiger charge is 2.45. The Balaban J connectivity index is 2.04. The molecule has 1 atom stereocenters. The van der Waals surface area contributed by atoms with Crippen molar-refractivity contribution in [2.24, 2.45) is 0 Å². The van der Waals surface area contributed by atoms with Gasteiger partial charge in [-0.3, -0.25) is 9.59 Å². The van der Waals surface area contributed by atoms with Gasteiger partial charge in [0.25, 0.3) is 11.8 Å². The minimum atomic E-state index is -4.97. The summed E-state index contributed by atoms with van der Waals surface area (Å²) in [6.45, 7) is 0. The van der Waals surface area contributed by atoms with Crippen LogP contribution in [0, 0.1) is 0 Å². The van der Waals surface area contributed by atoms with Crippen molar-refractivity contribution >= 4 is 27.9 Å². The number of carbonyl (C=O) groups excluding carboxylic acids is 3. The van der Waals surface area contributed by atoms with E-state index >= 15 is 0 Å². The molecule has 112 valence electrons. The van der Waals surface area contributed by atoms with Gasteiger partial charge in [-0.15, -0.1) is 5.06 Å². The van der Waals surface area contributed by atoms with E-state index in [1.54, 1.807) is 30.3 Å². The molecule has 1 heterocycles. The maximum Gasteiger partial charge on any atom is 0.337 e. The molecular formula is C12H10NO7S-. The van der Waals surface area contributed by atoms with E-state index in [-0.39, 0.29) is 11.5 Å². The smallest absolute Gasteiger partial charge is 0.337 e. The molecule has 0 bridgehead atoms. The highest BCUT2D eigenvalue weighted by molar-refractivity contribution is 7.87. The van der Waals surface area contributed by atoms with Gasteiger partial charge in [-0.05, 0) is 5.56 Å². The van der Waals surface area contributed by atoms with Gasteiger partial charge < -0.3 is 9.39 Å². The third kappa shape index (κ3) is 3.44. The highest BCUT2D eigenvalue weighted by Crippen LogP contribution is 2.20. The van der Waals surface area contributed by atoms with E-state index in [1.807, 2.05) is 0 Å². The molecule has 0 N–H and O–H groups in total. The molecule has 0 radical (unpaired) electrons. The van der Waals surface area contributed by atoms with Crippen LogP contribution in [0.5, 0.6) is 0 Å². The second-order valence-electron chi connectivity index (χ2n) is 4.34. The fourth-order valence-corrected chi connectivity index (χ4v) is 2.49. The van der Waals surface area contributed by atoms with Crippen LogP contribution < -0.4 is 0 Å². The lowest BCUT2D eigenvalue weighted by atomic mass is 10.2. The molecule has 1 fully saturated rings. The molecule has 1 unspecified atom stereocenters. The molecule has 9 heteroatoms. The Labute approximate surface area is 120 Å². The molecule has 2 amide bonds. The average Bonchev–Trinajstić information content (AvgIpc) is 2.68. The molecule has 0 spiro atoms. The third-order valence-corrected chi connectivity index (χ3v) is 3.86. The first-order valence-corrected chi connectivity index (χ1v) is 7.32. The maximum atomic E-state index is 11.6. The SMILES string of the molecule is O=C(Cc1ccccc1)ON1C(=O)CC(S(=O)(=O)[O-])C1=O. The molecule has 8 nitrogen and oxygen atoms in total. The minimum Gasteiger partial charge on any atom is -0.747 e. The fraction of sp³-hybridized carbons (Fsp3) is 0.250.